The predicted molar refractivity (Wildman–Crippen MR) is 56.2 cm³/mol. The normalized spacial score (nSPS) is 20.7. The van der Waals surface area contributed by atoms with Crippen LogP contribution in [0, 0.1) is 5.92 Å². The molecule has 2 N–H and O–H groups in total. The third-order valence-electron chi connectivity index (χ3n) is 2.56. The minimum atomic E-state index is 0.329. The molecule has 0 aliphatic carbocycles. The summed E-state index contributed by atoms with van der Waals surface area (Å²) < 4.78 is 5.31. The topological polar surface area (TPSA) is 73.9 Å². The van der Waals surface area contributed by atoms with Gasteiger partial charge >= 0.3 is 0 Å². The summed E-state index contributed by atoms with van der Waals surface area (Å²) in [4.78, 5) is 12.6. The van der Waals surface area contributed by atoms with Gasteiger partial charge in [0.25, 0.3) is 0 Å². The van der Waals surface area contributed by atoms with Crippen molar-refractivity contribution >= 4 is 5.95 Å². The van der Waals surface area contributed by atoms with Crippen LogP contribution in [-0.4, -0.2) is 28.2 Å². The molecule has 1 fully saturated rings. The molecule has 0 bridgehead atoms. The molecule has 1 aliphatic rings. The second kappa shape index (κ2) is 4.53. The van der Waals surface area contributed by atoms with E-state index in [1.54, 1.807) is 0 Å². The number of rotatable bonds is 3. The predicted octanol–water partition coefficient (Wildman–Crippen LogP) is 0.595. The molecule has 2 heterocycles. The summed E-state index contributed by atoms with van der Waals surface area (Å²) in [5.74, 6) is 2.44. The van der Waals surface area contributed by atoms with Gasteiger partial charge in [0.15, 0.2) is 0 Å². The molecule has 5 nitrogen and oxygen atoms in total. The van der Waals surface area contributed by atoms with E-state index in [-0.39, 0.29) is 0 Å². The van der Waals surface area contributed by atoms with Gasteiger partial charge < -0.3 is 10.5 Å². The fourth-order valence-corrected chi connectivity index (χ4v) is 1.74. The van der Waals surface area contributed by atoms with Crippen molar-refractivity contribution in [3.8, 4) is 0 Å². The molecule has 82 valence electrons. The maximum Gasteiger partial charge on any atom is 0.223 e. The zero-order valence-corrected chi connectivity index (χ0v) is 8.94. The van der Waals surface area contributed by atoms with Crippen molar-refractivity contribution in [2.24, 2.45) is 5.92 Å². The van der Waals surface area contributed by atoms with Crippen LogP contribution in [0.4, 0.5) is 5.95 Å². The number of hydrogen-bond donors (Lipinski definition) is 1. The summed E-state index contributed by atoms with van der Waals surface area (Å²) in [6.07, 6.45) is 2.73. The molecule has 1 unspecified atom stereocenters. The van der Waals surface area contributed by atoms with E-state index >= 15 is 0 Å². The summed E-state index contributed by atoms with van der Waals surface area (Å²) >= 11 is 0. The lowest BCUT2D eigenvalue weighted by molar-refractivity contribution is 0.185. The van der Waals surface area contributed by atoms with Crippen LogP contribution in [0.25, 0.3) is 0 Å². The fourth-order valence-electron chi connectivity index (χ4n) is 1.74. The molecule has 0 amide bonds. The average Bonchev–Trinajstić information content (AvgIpc) is 2.69. The van der Waals surface area contributed by atoms with Crippen LogP contribution in [0.3, 0.4) is 0 Å². The van der Waals surface area contributed by atoms with Gasteiger partial charge in [-0.1, -0.05) is 6.92 Å². The largest absolute Gasteiger partial charge is 0.381 e. The fraction of sp³-hybridized carbons (Fsp3) is 0.700. The Kier molecular flexibility index (Phi) is 3.11. The smallest absolute Gasteiger partial charge is 0.223 e. The first-order valence-electron chi connectivity index (χ1n) is 5.35. The van der Waals surface area contributed by atoms with Gasteiger partial charge in [-0.3, -0.25) is 0 Å². The van der Waals surface area contributed by atoms with Gasteiger partial charge in [-0.2, -0.15) is 9.97 Å². The lowest BCUT2D eigenvalue weighted by atomic mass is 10.1. The van der Waals surface area contributed by atoms with Crippen LogP contribution in [0.1, 0.15) is 25.0 Å². The van der Waals surface area contributed by atoms with Gasteiger partial charge in [0.1, 0.15) is 11.6 Å². The summed E-state index contributed by atoms with van der Waals surface area (Å²) in [6, 6.07) is 0. The van der Waals surface area contributed by atoms with E-state index in [1.165, 1.54) is 0 Å². The summed E-state index contributed by atoms with van der Waals surface area (Å²) in [6.45, 7) is 3.68. The van der Waals surface area contributed by atoms with E-state index < -0.39 is 0 Å². The number of anilines is 1. The molecule has 0 radical (unpaired) electrons. The van der Waals surface area contributed by atoms with Crippen molar-refractivity contribution < 1.29 is 4.74 Å². The molecule has 1 atom stereocenters. The van der Waals surface area contributed by atoms with Gasteiger partial charge in [-0.05, 0) is 12.3 Å². The highest BCUT2D eigenvalue weighted by molar-refractivity contribution is 5.16. The molecule has 0 spiro atoms. The highest BCUT2D eigenvalue weighted by atomic mass is 16.5. The Balaban J connectivity index is 2.09. The lowest BCUT2D eigenvalue weighted by Gasteiger charge is -2.07. The Bertz CT molecular complexity index is 336. The van der Waals surface area contributed by atoms with Crippen molar-refractivity contribution in [1.29, 1.82) is 0 Å². The number of aromatic nitrogens is 3. The molecule has 2 rings (SSSR count). The van der Waals surface area contributed by atoms with Gasteiger partial charge in [0, 0.05) is 26.1 Å². The zero-order chi connectivity index (χ0) is 10.7. The molecule has 15 heavy (non-hydrogen) atoms. The Hall–Kier alpha value is -1.23. The van der Waals surface area contributed by atoms with Crippen molar-refractivity contribution in [1.82, 2.24) is 15.0 Å². The molecular weight excluding hydrogens is 192 g/mol. The minimum absolute atomic E-state index is 0.329. The quantitative estimate of drug-likeness (QED) is 0.787. The molecule has 1 saturated heterocycles. The van der Waals surface area contributed by atoms with Gasteiger partial charge in [-0.15, -0.1) is 0 Å². The Morgan fingerprint density at radius 2 is 2.13 bits per heavy atom. The zero-order valence-electron chi connectivity index (χ0n) is 8.94. The van der Waals surface area contributed by atoms with Crippen LogP contribution in [0.2, 0.25) is 0 Å². The number of nitrogens with zero attached hydrogens (tertiary/aromatic N) is 3. The maximum absolute atomic E-state index is 5.62. The molecule has 1 aliphatic heterocycles. The second-order valence-corrected chi connectivity index (χ2v) is 3.81. The number of aryl methyl sites for hydroxylation is 1. The second-order valence-electron chi connectivity index (χ2n) is 3.81. The van der Waals surface area contributed by atoms with E-state index in [9.17, 15) is 0 Å². The van der Waals surface area contributed by atoms with Gasteiger partial charge in [0.05, 0.1) is 0 Å². The third kappa shape index (κ3) is 2.62. The average molecular weight is 208 g/mol. The standard InChI is InChI=1S/C10H16N4O/c1-2-8-12-9(14-10(11)13-8)5-7-3-4-15-6-7/h7H,2-6H2,1H3,(H2,11,12,13,14). The number of nitrogens with two attached hydrogens (primary N) is 1. The van der Waals surface area contributed by atoms with E-state index in [1.807, 2.05) is 6.92 Å². The Morgan fingerprint density at radius 1 is 1.33 bits per heavy atom. The SMILES string of the molecule is CCc1nc(N)nc(CC2CCOC2)n1. The van der Waals surface area contributed by atoms with E-state index in [2.05, 4.69) is 15.0 Å². The van der Waals surface area contributed by atoms with Crippen LogP contribution in [0.15, 0.2) is 0 Å². The van der Waals surface area contributed by atoms with E-state index in [4.69, 9.17) is 10.5 Å². The van der Waals surface area contributed by atoms with Crippen molar-refractivity contribution in [3.05, 3.63) is 11.6 Å². The van der Waals surface area contributed by atoms with Crippen LogP contribution < -0.4 is 5.73 Å². The van der Waals surface area contributed by atoms with Gasteiger partial charge in [0.2, 0.25) is 5.95 Å². The van der Waals surface area contributed by atoms with Crippen LogP contribution in [0.5, 0.6) is 0 Å². The monoisotopic (exact) mass is 208 g/mol. The third-order valence-corrected chi connectivity index (χ3v) is 2.56. The summed E-state index contributed by atoms with van der Waals surface area (Å²) in [5.41, 5.74) is 5.62. The highest BCUT2D eigenvalue weighted by Crippen LogP contribution is 2.16. The lowest BCUT2D eigenvalue weighted by Crippen LogP contribution is -2.11. The molecule has 1 aromatic rings. The molecular formula is C10H16N4O. The molecule has 5 heteroatoms. The van der Waals surface area contributed by atoms with Crippen molar-refractivity contribution in [2.45, 2.75) is 26.2 Å². The molecule has 0 aromatic carbocycles. The van der Waals surface area contributed by atoms with E-state index in [0.29, 0.717) is 11.9 Å². The first kappa shape index (κ1) is 10.3. The summed E-state index contributed by atoms with van der Waals surface area (Å²) in [5, 5.41) is 0. The highest BCUT2D eigenvalue weighted by Gasteiger charge is 2.18. The maximum atomic E-state index is 5.62. The first-order valence-corrected chi connectivity index (χ1v) is 5.35. The van der Waals surface area contributed by atoms with Crippen molar-refractivity contribution in [2.75, 3.05) is 18.9 Å². The minimum Gasteiger partial charge on any atom is -0.381 e. The molecule has 0 saturated carbocycles. The molecule has 1 aromatic heterocycles. The number of hydrogen-bond acceptors (Lipinski definition) is 5. The Morgan fingerprint density at radius 3 is 2.80 bits per heavy atom. The van der Waals surface area contributed by atoms with Crippen molar-refractivity contribution in [3.63, 3.8) is 0 Å². The summed E-state index contributed by atoms with van der Waals surface area (Å²) in [7, 11) is 0. The van der Waals surface area contributed by atoms with Crippen LogP contribution in [-0.2, 0) is 17.6 Å². The van der Waals surface area contributed by atoms with E-state index in [0.717, 1.165) is 44.1 Å². The van der Waals surface area contributed by atoms with Gasteiger partial charge in [-0.25, -0.2) is 4.98 Å². The Labute approximate surface area is 89.1 Å². The van der Waals surface area contributed by atoms with Crippen LogP contribution >= 0.6 is 0 Å². The first-order chi connectivity index (χ1) is 7.28. The number of nitrogen functional groups attached to an aromatic ring is 1. The number of ether oxygens (including phenoxy) is 1.